The van der Waals surface area contributed by atoms with Gasteiger partial charge < -0.3 is 5.32 Å². The number of aromatic nitrogens is 4. The van der Waals surface area contributed by atoms with Gasteiger partial charge in [-0.05, 0) is 36.2 Å². The first kappa shape index (κ1) is 14.1. The molecule has 17 heavy (non-hydrogen) atoms. The minimum absolute atomic E-state index is 0.374. The predicted octanol–water partition coefficient (Wildman–Crippen LogP) is 2.17. The summed E-state index contributed by atoms with van der Waals surface area (Å²) in [7, 11) is 0. The molecule has 5 heteroatoms. The molecule has 0 radical (unpaired) electrons. The van der Waals surface area contributed by atoms with E-state index in [2.05, 4.69) is 48.5 Å². The first-order valence-electron chi connectivity index (χ1n) is 6.71. The average molecular weight is 239 g/mol. The molecular formula is C12H25N5. The van der Waals surface area contributed by atoms with E-state index in [9.17, 15) is 0 Å². The Morgan fingerprint density at radius 3 is 2.53 bits per heavy atom. The summed E-state index contributed by atoms with van der Waals surface area (Å²) in [6, 6.07) is 0.374. The monoisotopic (exact) mass is 239 g/mol. The fourth-order valence-corrected chi connectivity index (χ4v) is 2.19. The van der Waals surface area contributed by atoms with Crippen LogP contribution in [-0.4, -0.2) is 26.8 Å². The molecule has 0 amide bonds. The molecule has 0 bridgehead atoms. The highest BCUT2D eigenvalue weighted by atomic mass is 15.6. The highest BCUT2D eigenvalue weighted by molar-refractivity contribution is 4.84. The van der Waals surface area contributed by atoms with E-state index in [1.54, 1.807) is 0 Å². The number of hydrogen-bond acceptors (Lipinski definition) is 4. The van der Waals surface area contributed by atoms with E-state index in [-0.39, 0.29) is 0 Å². The summed E-state index contributed by atoms with van der Waals surface area (Å²) < 4.78 is 1.97. The van der Waals surface area contributed by atoms with Crippen molar-refractivity contribution in [2.75, 3.05) is 6.54 Å². The predicted molar refractivity (Wildman–Crippen MR) is 68.6 cm³/mol. The number of rotatable bonds is 8. The van der Waals surface area contributed by atoms with Gasteiger partial charge >= 0.3 is 0 Å². The smallest absolute Gasteiger partial charge is 0.165 e. The second kappa shape index (κ2) is 7.37. The molecule has 1 aromatic rings. The molecule has 0 saturated carbocycles. The normalized spacial score (nSPS) is 13.2. The largest absolute Gasteiger partial charge is 0.310 e. The van der Waals surface area contributed by atoms with Gasteiger partial charge in [-0.25, -0.2) is 4.68 Å². The Morgan fingerprint density at radius 2 is 1.94 bits per heavy atom. The van der Waals surface area contributed by atoms with E-state index in [4.69, 9.17) is 0 Å². The van der Waals surface area contributed by atoms with Crippen molar-refractivity contribution >= 4 is 0 Å². The SMILES string of the molecule is CCCNCc1nnnn1C(C)C(CC)CC. The van der Waals surface area contributed by atoms with Crippen molar-refractivity contribution in [1.29, 1.82) is 0 Å². The van der Waals surface area contributed by atoms with E-state index in [0.717, 1.165) is 25.3 Å². The third-order valence-corrected chi connectivity index (χ3v) is 3.39. The van der Waals surface area contributed by atoms with Crippen LogP contribution in [0.25, 0.3) is 0 Å². The van der Waals surface area contributed by atoms with Crippen LogP contribution in [0.5, 0.6) is 0 Å². The zero-order valence-corrected chi connectivity index (χ0v) is 11.5. The standard InChI is InChI=1S/C12H25N5/c1-5-8-13-9-12-14-15-16-17(12)10(4)11(6-2)7-3/h10-11,13H,5-9H2,1-4H3. The molecule has 0 aliphatic rings. The fourth-order valence-electron chi connectivity index (χ4n) is 2.19. The molecule has 0 spiro atoms. The lowest BCUT2D eigenvalue weighted by Crippen LogP contribution is -2.23. The fraction of sp³-hybridized carbons (Fsp3) is 0.917. The first-order valence-corrected chi connectivity index (χ1v) is 6.71. The Morgan fingerprint density at radius 1 is 1.24 bits per heavy atom. The quantitative estimate of drug-likeness (QED) is 0.706. The number of nitrogens with zero attached hydrogens (tertiary/aromatic N) is 4. The van der Waals surface area contributed by atoms with Gasteiger partial charge in [0.25, 0.3) is 0 Å². The first-order chi connectivity index (χ1) is 8.24. The van der Waals surface area contributed by atoms with E-state index in [1.807, 2.05) is 4.68 Å². The molecule has 1 atom stereocenters. The van der Waals surface area contributed by atoms with Crippen molar-refractivity contribution < 1.29 is 0 Å². The molecule has 5 nitrogen and oxygen atoms in total. The highest BCUT2D eigenvalue weighted by Gasteiger charge is 2.19. The number of tetrazole rings is 1. The van der Waals surface area contributed by atoms with Crippen LogP contribution in [0.2, 0.25) is 0 Å². The van der Waals surface area contributed by atoms with Gasteiger partial charge in [0.15, 0.2) is 5.82 Å². The minimum Gasteiger partial charge on any atom is -0.310 e. The van der Waals surface area contributed by atoms with Gasteiger partial charge in [0, 0.05) is 0 Å². The van der Waals surface area contributed by atoms with Crippen LogP contribution in [0.15, 0.2) is 0 Å². The molecule has 0 aromatic carbocycles. The van der Waals surface area contributed by atoms with Crippen molar-refractivity contribution in [3.8, 4) is 0 Å². The summed E-state index contributed by atoms with van der Waals surface area (Å²) in [5.41, 5.74) is 0. The Hall–Kier alpha value is -0.970. The second-order valence-corrected chi connectivity index (χ2v) is 4.53. The third-order valence-electron chi connectivity index (χ3n) is 3.39. The van der Waals surface area contributed by atoms with Gasteiger partial charge in [-0.15, -0.1) is 5.10 Å². The van der Waals surface area contributed by atoms with Crippen LogP contribution < -0.4 is 5.32 Å². The van der Waals surface area contributed by atoms with E-state index >= 15 is 0 Å². The van der Waals surface area contributed by atoms with Gasteiger partial charge in [0.1, 0.15) is 0 Å². The molecule has 0 aliphatic heterocycles. The summed E-state index contributed by atoms with van der Waals surface area (Å²) >= 11 is 0. The maximum absolute atomic E-state index is 4.13. The van der Waals surface area contributed by atoms with Gasteiger partial charge in [-0.2, -0.15) is 0 Å². The molecule has 0 aliphatic carbocycles. The van der Waals surface area contributed by atoms with Crippen molar-refractivity contribution in [1.82, 2.24) is 25.5 Å². The zero-order valence-electron chi connectivity index (χ0n) is 11.5. The Balaban J connectivity index is 2.66. The Kier molecular flexibility index (Phi) is 6.11. The van der Waals surface area contributed by atoms with Crippen LogP contribution in [0.1, 0.15) is 58.8 Å². The summed E-state index contributed by atoms with van der Waals surface area (Å²) in [6.07, 6.45) is 3.46. The van der Waals surface area contributed by atoms with E-state index in [1.165, 1.54) is 12.8 Å². The van der Waals surface area contributed by atoms with Crippen molar-refractivity contribution in [2.45, 2.75) is 59.5 Å². The molecule has 98 valence electrons. The van der Waals surface area contributed by atoms with E-state index < -0.39 is 0 Å². The molecule has 1 unspecified atom stereocenters. The average Bonchev–Trinajstić information content (AvgIpc) is 2.79. The number of nitrogens with one attached hydrogen (secondary N) is 1. The molecule has 1 heterocycles. The zero-order chi connectivity index (χ0) is 12.7. The van der Waals surface area contributed by atoms with Crippen molar-refractivity contribution in [3.63, 3.8) is 0 Å². The molecular weight excluding hydrogens is 214 g/mol. The molecule has 1 aromatic heterocycles. The highest BCUT2D eigenvalue weighted by Crippen LogP contribution is 2.23. The third kappa shape index (κ3) is 3.77. The van der Waals surface area contributed by atoms with Crippen molar-refractivity contribution in [2.24, 2.45) is 5.92 Å². The van der Waals surface area contributed by atoms with Crippen molar-refractivity contribution in [3.05, 3.63) is 5.82 Å². The minimum atomic E-state index is 0.374. The molecule has 0 saturated heterocycles. The van der Waals surface area contributed by atoms with E-state index in [0.29, 0.717) is 12.0 Å². The molecule has 1 rings (SSSR count). The maximum Gasteiger partial charge on any atom is 0.165 e. The lowest BCUT2D eigenvalue weighted by molar-refractivity contribution is 0.298. The summed E-state index contributed by atoms with van der Waals surface area (Å²) in [5.74, 6) is 1.58. The lowest BCUT2D eigenvalue weighted by atomic mass is 9.96. The van der Waals surface area contributed by atoms with Gasteiger partial charge in [0.05, 0.1) is 12.6 Å². The lowest BCUT2D eigenvalue weighted by Gasteiger charge is -2.22. The molecule has 1 N–H and O–H groups in total. The van der Waals surface area contributed by atoms with Crippen LogP contribution in [0, 0.1) is 5.92 Å². The second-order valence-electron chi connectivity index (χ2n) is 4.53. The van der Waals surface area contributed by atoms with Crippen LogP contribution in [0.4, 0.5) is 0 Å². The van der Waals surface area contributed by atoms with Gasteiger partial charge in [-0.1, -0.05) is 33.6 Å². The van der Waals surface area contributed by atoms with Crippen LogP contribution in [-0.2, 0) is 6.54 Å². The van der Waals surface area contributed by atoms with Crippen LogP contribution >= 0.6 is 0 Å². The van der Waals surface area contributed by atoms with Gasteiger partial charge in [0.2, 0.25) is 0 Å². The van der Waals surface area contributed by atoms with Gasteiger partial charge in [-0.3, -0.25) is 0 Å². The topological polar surface area (TPSA) is 55.6 Å². The number of hydrogen-bond donors (Lipinski definition) is 1. The Bertz CT molecular complexity index is 306. The molecule has 0 fully saturated rings. The summed E-state index contributed by atoms with van der Waals surface area (Å²) in [5, 5.41) is 15.4. The summed E-state index contributed by atoms with van der Waals surface area (Å²) in [4.78, 5) is 0. The maximum atomic E-state index is 4.13. The summed E-state index contributed by atoms with van der Waals surface area (Å²) in [6.45, 7) is 10.6. The Labute approximate surface area is 104 Å². The van der Waals surface area contributed by atoms with Crippen LogP contribution in [0.3, 0.4) is 0 Å².